The third-order valence-electron chi connectivity index (χ3n) is 2.19. The topological polar surface area (TPSA) is 33.4 Å². The van der Waals surface area contributed by atoms with E-state index in [1.165, 1.54) is 6.26 Å². The van der Waals surface area contributed by atoms with Crippen molar-refractivity contribution in [2.45, 2.75) is 20.8 Å². The van der Waals surface area contributed by atoms with Gasteiger partial charge in [0.1, 0.15) is 0 Å². The fraction of sp³-hybridized carbons (Fsp3) is 0.273. The van der Waals surface area contributed by atoms with Crippen molar-refractivity contribution in [3.63, 3.8) is 0 Å². The highest BCUT2D eigenvalue weighted by molar-refractivity contribution is 5.32. The van der Waals surface area contributed by atoms with Gasteiger partial charge in [-0.25, -0.2) is 0 Å². The number of aromatic hydroxyl groups is 1. The lowest BCUT2D eigenvalue weighted by molar-refractivity contribution is 0.321. The molecule has 0 unspecified atom stereocenters. The summed E-state index contributed by atoms with van der Waals surface area (Å²) in [7, 11) is 0. The van der Waals surface area contributed by atoms with E-state index in [1.807, 2.05) is 32.9 Å². The van der Waals surface area contributed by atoms with Gasteiger partial charge in [-0.05, 0) is 38.0 Å². The highest BCUT2D eigenvalue weighted by atomic mass is 16.5. The van der Waals surface area contributed by atoms with Crippen molar-refractivity contribution in [2.75, 3.05) is 0 Å². The maximum absolute atomic E-state index is 9.44. The maximum Gasteiger partial charge on any atom is 0.284 e. The van der Waals surface area contributed by atoms with Crippen LogP contribution >= 0.6 is 0 Å². The Morgan fingerprint density at radius 1 is 1.08 bits per heavy atom. The van der Waals surface area contributed by atoms with Crippen LogP contribution in [-0.2, 0) is 0 Å². The van der Waals surface area contributed by atoms with E-state index in [2.05, 4.69) is 0 Å². The second-order valence-corrected chi connectivity index (χ2v) is 3.04. The molecule has 13 heavy (non-hydrogen) atoms. The summed E-state index contributed by atoms with van der Waals surface area (Å²) in [5.41, 5.74) is 2.94. The molecule has 0 fully saturated rings. The zero-order chi connectivity index (χ0) is 9.84. The van der Waals surface area contributed by atoms with E-state index in [4.69, 9.17) is 4.42 Å². The summed E-state index contributed by atoms with van der Waals surface area (Å²) in [6.07, 6.45) is 1.46. The van der Waals surface area contributed by atoms with Crippen molar-refractivity contribution < 1.29 is 9.52 Å². The number of hydrogen-bond donors (Lipinski definition) is 1. The first-order valence-electron chi connectivity index (χ1n) is 4.20. The molecule has 1 aromatic heterocycles. The summed E-state index contributed by atoms with van der Waals surface area (Å²) in [6, 6.07) is 5.60. The van der Waals surface area contributed by atoms with Gasteiger partial charge >= 0.3 is 0 Å². The average molecular weight is 178 g/mol. The molecule has 70 valence electrons. The average Bonchev–Trinajstić information content (AvgIpc) is 2.16. The Labute approximate surface area is 78.2 Å². The maximum atomic E-state index is 9.44. The van der Waals surface area contributed by atoms with Crippen LogP contribution in [0.15, 0.2) is 28.9 Å². The summed E-state index contributed by atoms with van der Waals surface area (Å²) in [5.74, 6) is -0.0307. The minimum Gasteiger partial charge on any atom is -0.481 e. The summed E-state index contributed by atoms with van der Waals surface area (Å²) in [6.45, 7) is 5.79. The van der Waals surface area contributed by atoms with E-state index in [0.29, 0.717) is 0 Å². The Bertz CT molecular complexity index is 316. The highest BCUT2D eigenvalue weighted by Crippen LogP contribution is 2.18. The molecule has 2 nitrogen and oxygen atoms in total. The molecule has 0 aliphatic carbocycles. The Balaban J connectivity index is 3.56. The first kappa shape index (κ1) is 9.65. The van der Waals surface area contributed by atoms with Gasteiger partial charge in [0, 0.05) is 5.56 Å². The fourth-order valence-electron chi connectivity index (χ4n) is 1.02. The molecule has 1 N–H and O–H groups in total. The number of aryl methyl sites for hydroxylation is 1. The molecule has 0 amide bonds. The summed E-state index contributed by atoms with van der Waals surface area (Å²) in [4.78, 5) is 0. The van der Waals surface area contributed by atoms with Gasteiger partial charge in [-0.2, -0.15) is 0 Å². The molecular formula is C11H14O2. The molecular weight excluding hydrogens is 164 g/mol. The predicted molar refractivity (Wildman–Crippen MR) is 52.2 cm³/mol. The smallest absolute Gasteiger partial charge is 0.284 e. The SMILES string of the molecule is Cc1ccccoc(O)c(C)c1C. The molecule has 0 aliphatic rings. The van der Waals surface area contributed by atoms with Gasteiger partial charge in [0.05, 0.1) is 6.26 Å². The van der Waals surface area contributed by atoms with Crippen LogP contribution in [0.4, 0.5) is 0 Å². The van der Waals surface area contributed by atoms with Crippen LogP contribution in [0, 0.1) is 20.8 Å². The first-order chi connectivity index (χ1) is 6.13. The van der Waals surface area contributed by atoms with Gasteiger partial charge in [0.25, 0.3) is 5.95 Å². The minimum absolute atomic E-state index is 0.0307. The van der Waals surface area contributed by atoms with Crippen LogP contribution < -0.4 is 0 Å². The molecule has 0 saturated carbocycles. The molecule has 0 radical (unpaired) electrons. The van der Waals surface area contributed by atoms with Crippen molar-refractivity contribution in [3.8, 4) is 5.95 Å². The molecule has 1 heterocycles. The molecule has 0 aliphatic heterocycles. The monoisotopic (exact) mass is 178 g/mol. The van der Waals surface area contributed by atoms with Crippen molar-refractivity contribution in [2.24, 2.45) is 0 Å². The third-order valence-corrected chi connectivity index (χ3v) is 2.19. The first-order valence-corrected chi connectivity index (χ1v) is 4.20. The van der Waals surface area contributed by atoms with Gasteiger partial charge in [-0.3, -0.25) is 0 Å². The molecule has 0 aromatic carbocycles. The molecule has 0 bridgehead atoms. The van der Waals surface area contributed by atoms with Gasteiger partial charge in [0.2, 0.25) is 0 Å². The molecule has 1 aromatic rings. The lowest BCUT2D eigenvalue weighted by Gasteiger charge is -1.98. The zero-order valence-corrected chi connectivity index (χ0v) is 8.16. The lowest BCUT2D eigenvalue weighted by atomic mass is 10.1. The standard InChI is InChI=1S/C11H14O2/c1-8-6-4-5-7-13-11(12)10(3)9(8)2/h4-7,12H,1-3H3. The van der Waals surface area contributed by atoms with Crippen LogP contribution in [-0.4, -0.2) is 5.11 Å². The predicted octanol–water partition coefficient (Wildman–Crippen LogP) is 3.03. The van der Waals surface area contributed by atoms with Gasteiger partial charge in [0.15, 0.2) is 0 Å². The second-order valence-electron chi connectivity index (χ2n) is 3.04. The van der Waals surface area contributed by atoms with Gasteiger partial charge in [-0.15, -0.1) is 0 Å². The van der Waals surface area contributed by atoms with Crippen LogP contribution in [0.25, 0.3) is 0 Å². The van der Waals surface area contributed by atoms with Gasteiger partial charge < -0.3 is 9.52 Å². The van der Waals surface area contributed by atoms with Crippen LogP contribution in [0.2, 0.25) is 0 Å². The highest BCUT2D eigenvalue weighted by Gasteiger charge is 1.98. The van der Waals surface area contributed by atoms with E-state index >= 15 is 0 Å². The van der Waals surface area contributed by atoms with Crippen molar-refractivity contribution in [1.29, 1.82) is 0 Å². The van der Waals surface area contributed by atoms with Crippen molar-refractivity contribution >= 4 is 0 Å². The van der Waals surface area contributed by atoms with Crippen molar-refractivity contribution in [1.82, 2.24) is 0 Å². The fourth-order valence-corrected chi connectivity index (χ4v) is 1.02. The minimum atomic E-state index is -0.0307. The third kappa shape index (κ3) is 2.25. The molecule has 1 rings (SSSR count). The van der Waals surface area contributed by atoms with E-state index < -0.39 is 0 Å². The van der Waals surface area contributed by atoms with Crippen LogP contribution in [0.3, 0.4) is 0 Å². The van der Waals surface area contributed by atoms with Crippen LogP contribution in [0.1, 0.15) is 16.7 Å². The quantitative estimate of drug-likeness (QED) is 0.662. The van der Waals surface area contributed by atoms with E-state index in [-0.39, 0.29) is 5.95 Å². The zero-order valence-electron chi connectivity index (χ0n) is 8.16. The molecule has 0 atom stereocenters. The summed E-state index contributed by atoms with van der Waals surface area (Å²) in [5, 5.41) is 9.44. The Hall–Kier alpha value is -1.44. The molecule has 2 heteroatoms. The largest absolute Gasteiger partial charge is 0.481 e. The van der Waals surface area contributed by atoms with Crippen LogP contribution in [0.5, 0.6) is 5.95 Å². The normalized spacial score (nSPS) is 9.46. The molecule has 0 saturated heterocycles. The summed E-state index contributed by atoms with van der Waals surface area (Å²) < 4.78 is 4.96. The number of rotatable bonds is 0. The Morgan fingerprint density at radius 3 is 2.46 bits per heavy atom. The summed E-state index contributed by atoms with van der Waals surface area (Å²) >= 11 is 0. The van der Waals surface area contributed by atoms with E-state index in [0.717, 1.165) is 16.7 Å². The van der Waals surface area contributed by atoms with Gasteiger partial charge in [-0.1, -0.05) is 12.1 Å². The lowest BCUT2D eigenvalue weighted by Crippen LogP contribution is -1.80. The van der Waals surface area contributed by atoms with E-state index in [1.54, 1.807) is 6.07 Å². The van der Waals surface area contributed by atoms with E-state index in [9.17, 15) is 5.11 Å². The Kier molecular flexibility index (Phi) is 2.96. The Morgan fingerprint density at radius 2 is 1.77 bits per heavy atom. The molecule has 0 spiro atoms. The second kappa shape index (κ2) is 3.99. The van der Waals surface area contributed by atoms with Crippen molar-refractivity contribution in [3.05, 3.63) is 41.2 Å². The number of hydrogen-bond acceptors (Lipinski definition) is 2.